The number of benzene rings is 1. The van der Waals surface area contributed by atoms with Crippen LogP contribution in [0.2, 0.25) is 0 Å². The Morgan fingerprint density at radius 3 is 2.40 bits per heavy atom. The molecule has 0 amide bonds. The van der Waals surface area contributed by atoms with Gasteiger partial charge in [-0.05, 0) is 12.8 Å². The molecule has 4 nitrogen and oxygen atoms in total. The molecule has 1 fully saturated rings. The second-order valence-electron chi connectivity index (χ2n) is 4.63. The van der Waals surface area contributed by atoms with Crippen LogP contribution in [0.25, 0.3) is 5.69 Å². The molecule has 2 aromatic rings. The molecule has 20 heavy (non-hydrogen) atoms. The third-order valence-electron chi connectivity index (χ3n) is 3.01. The molecule has 106 valence electrons. The van der Waals surface area contributed by atoms with Gasteiger partial charge in [-0.15, -0.1) is 5.10 Å². The Hall–Kier alpha value is -1.96. The molecule has 3 rings (SSSR count). The first-order valence-corrected chi connectivity index (χ1v) is 6.04. The molecule has 0 bridgehead atoms. The van der Waals surface area contributed by atoms with Crippen molar-refractivity contribution >= 4 is 0 Å². The molecule has 0 aliphatic heterocycles. The fourth-order valence-electron chi connectivity index (χ4n) is 1.79. The lowest BCUT2D eigenvalue weighted by Crippen LogP contribution is -2.15. The maximum atomic E-state index is 13.6. The lowest BCUT2D eigenvalue weighted by Gasteiger charge is -2.05. The highest BCUT2D eigenvalue weighted by Crippen LogP contribution is 2.23. The topological polar surface area (TPSA) is 42.7 Å². The zero-order valence-corrected chi connectivity index (χ0v) is 10.2. The van der Waals surface area contributed by atoms with Gasteiger partial charge in [-0.3, -0.25) is 0 Å². The van der Waals surface area contributed by atoms with Gasteiger partial charge in [0.05, 0.1) is 11.9 Å². The summed E-state index contributed by atoms with van der Waals surface area (Å²) in [4.78, 5) is 0. The largest absolute Gasteiger partial charge is 0.308 e. The van der Waals surface area contributed by atoms with E-state index in [0.29, 0.717) is 23.0 Å². The van der Waals surface area contributed by atoms with Crippen molar-refractivity contribution in [1.29, 1.82) is 0 Å². The predicted molar refractivity (Wildman–Crippen MR) is 61.1 cm³/mol. The quantitative estimate of drug-likeness (QED) is 0.691. The predicted octanol–water partition coefficient (Wildman–Crippen LogP) is 2.08. The van der Waals surface area contributed by atoms with Gasteiger partial charge in [0.25, 0.3) is 0 Å². The number of nitrogens with zero attached hydrogens (tertiary/aromatic N) is 3. The van der Waals surface area contributed by atoms with E-state index in [1.165, 1.54) is 6.20 Å². The molecule has 0 unspecified atom stereocenters. The van der Waals surface area contributed by atoms with Gasteiger partial charge in [0.2, 0.25) is 0 Å². The zero-order chi connectivity index (χ0) is 14.3. The molecule has 0 saturated heterocycles. The minimum Gasteiger partial charge on any atom is -0.308 e. The van der Waals surface area contributed by atoms with Gasteiger partial charge in [0.15, 0.2) is 23.3 Å². The van der Waals surface area contributed by atoms with Gasteiger partial charge in [0.1, 0.15) is 5.69 Å². The summed E-state index contributed by atoms with van der Waals surface area (Å²) in [5, 5.41) is 10.3. The Balaban J connectivity index is 1.92. The lowest BCUT2D eigenvalue weighted by molar-refractivity contribution is 0.443. The molecule has 1 aliphatic rings. The third kappa shape index (κ3) is 2.38. The Labute approximate surface area is 111 Å². The molecule has 0 spiro atoms. The first-order valence-electron chi connectivity index (χ1n) is 6.04. The van der Waals surface area contributed by atoms with E-state index in [4.69, 9.17) is 0 Å². The Bertz CT molecular complexity index is 625. The van der Waals surface area contributed by atoms with Crippen molar-refractivity contribution in [3.63, 3.8) is 0 Å². The molecule has 0 radical (unpaired) electrons. The number of hydrogen-bond donors (Lipinski definition) is 1. The summed E-state index contributed by atoms with van der Waals surface area (Å²) in [5.41, 5.74) is -0.479. The summed E-state index contributed by atoms with van der Waals surface area (Å²) in [6, 6.07) is 0.584. The number of rotatable bonds is 4. The highest BCUT2D eigenvalue weighted by Gasteiger charge is 2.23. The van der Waals surface area contributed by atoms with E-state index >= 15 is 0 Å². The van der Waals surface area contributed by atoms with Crippen LogP contribution in [-0.4, -0.2) is 21.0 Å². The molecule has 8 heteroatoms. The van der Waals surface area contributed by atoms with E-state index in [1.807, 2.05) is 0 Å². The van der Waals surface area contributed by atoms with Gasteiger partial charge >= 0.3 is 0 Å². The van der Waals surface area contributed by atoms with Crippen molar-refractivity contribution in [2.45, 2.75) is 25.4 Å². The van der Waals surface area contributed by atoms with E-state index in [0.717, 1.165) is 12.8 Å². The first kappa shape index (κ1) is 13.0. The summed E-state index contributed by atoms with van der Waals surface area (Å²) >= 11 is 0. The van der Waals surface area contributed by atoms with Crippen LogP contribution in [0.15, 0.2) is 12.3 Å². The van der Waals surface area contributed by atoms with Crippen molar-refractivity contribution < 1.29 is 17.6 Å². The van der Waals surface area contributed by atoms with Crippen LogP contribution < -0.4 is 5.32 Å². The van der Waals surface area contributed by atoms with Gasteiger partial charge < -0.3 is 5.32 Å². The molecule has 1 N–H and O–H groups in total. The second kappa shape index (κ2) is 4.86. The molecule has 1 heterocycles. The van der Waals surface area contributed by atoms with E-state index in [-0.39, 0.29) is 6.07 Å². The van der Waals surface area contributed by atoms with Crippen LogP contribution >= 0.6 is 0 Å². The molecule has 1 aliphatic carbocycles. The number of hydrogen-bond acceptors (Lipinski definition) is 3. The van der Waals surface area contributed by atoms with Gasteiger partial charge in [-0.1, -0.05) is 5.21 Å². The smallest absolute Gasteiger partial charge is 0.187 e. The summed E-state index contributed by atoms with van der Waals surface area (Å²) in [6.45, 7) is 0.381. The highest BCUT2D eigenvalue weighted by atomic mass is 19.2. The number of halogens is 4. The minimum atomic E-state index is -1.50. The molecular weight excluding hydrogens is 276 g/mol. The van der Waals surface area contributed by atoms with Gasteiger partial charge in [-0.2, -0.15) is 0 Å². The summed E-state index contributed by atoms with van der Waals surface area (Å²) < 4.78 is 54.1. The van der Waals surface area contributed by atoms with Crippen LogP contribution in [0.4, 0.5) is 17.6 Å². The average Bonchev–Trinajstić information content (AvgIpc) is 3.13. The third-order valence-corrected chi connectivity index (χ3v) is 3.01. The fourth-order valence-corrected chi connectivity index (χ4v) is 1.79. The van der Waals surface area contributed by atoms with E-state index in [9.17, 15) is 17.6 Å². The standard InChI is InChI=1S/C12H10F4N4/c13-8-3-9(14)11(16)12(10(8)15)20-5-7(18-19-20)4-17-6-1-2-6/h3,5-6,17H,1-2,4H2. The minimum absolute atomic E-state index is 0.153. The highest BCUT2D eigenvalue weighted by molar-refractivity contribution is 5.36. The normalized spacial score (nSPS) is 14.8. The van der Waals surface area contributed by atoms with Crippen molar-refractivity contribution in [2.24, 2.45) is 0 Å². The monoisotopic (exact) mass is 286 g/mol. The van der Waals surface area contributed by atoms with Crippen molar-refractivity contribution in [3.05, 3.63) is 41.2 Å². The van der Waals surface area contributed by atoms with Crippen LogP contribution in [0, 0.1) is 23.3 Å². The Kier molecular flexibility index (Phi) is 3.17. The van der Waals surface area contributed by atoms with Crippen LogP contribution in [-0.2, 0) is 6.54 Å². The van der Waals surface area contributed by atoms with E-state index in [2.05, 4.69) is 15.6 Å². The fraction of sp³-hybridized carbons (Fsp3) is 0.333. The molecule has 1 saturated carbocycles. The van der Waals surface area contributed by atoms with Crippen molar-refractivity contribution in [1.82, 2.24) is 20.3 Å². The van der Waals surface area contributed by atoms with E-state index < -0.39 is 29.0 Å². The summed E-state index contributed by atoms with van der Waals surface area (Å²) in [5.74, 6) is -5.97. The summed E-state index contributed by atoms with van der Waals surface area (Å²) in [7, 11) is 0. The first-order chi connectivity index (χ1) is 9.56. The van der Waals surface area contributed by atoms with E-state index in [1.54, 1.807) is 0 Å². The van der Waals surface area contributed by atoms with Crippen molar-refractivity contribution in [3.8, 4) is 5.69 Å². The SMILES string of the molecule is Fc1cc(F)c(F)c(-n2cc(CNC3CC3)nn2)c1F. The van der Waals surface area contributed by atoms with Crippen LogP contribution in [0.1, 0.15) is 18.5 Å². The number of aromatic nitrogens is 3. The molecule has 1 aromatic heterocycles. The molecule has 1 aromatic carbocycles. The maximum Gasteiger partial charge on any atom is 0.187 e. The molecular formula is C12H10F4N4. The van der Waals surface area contributed by atoms with Gasteiger partial charge in [-0.25, -0.2) is 22.2 Å². The lowest BCUT2D eigenvalue weighted by atomic mass is 10.2. The van der Waals surface area contributed by atoms with Gasteiger partial charge in [0, 0.05) is 18.7 Å². The second-order valence-corrected chi connectivity index (χ2v) is 4.63. The zero-order valence-electron chi connectivity index (χ0n) is 10.2. The van der Waals surface area contributed by atoms with Crippen LogP contribution in [0.3, 0.4) is 0 Å². The maximum absolute atomic E-state index is 13.6. The Morgan fingerprint density at radius 2 is 1.80 bits per heavy atom. The Morgan fingerprint density at radius 1 is 1.15 bits per heavy atom. The van der Waals surface area contributed by atoms with Crippen molar-refractivity contribution in [2.75, 3.05) is 0 Å². The summed E-state index contributed by atoms with van der Waals surface area (Å²) in [6.07, 6.45) is 3.38. The van der Waals surface area contributed by atoms with Crippen LogP contribution in [0.5, 0.6) is 0 Å². The molecule has 0 atom stereocenters. The number of nitrogens with one attached hydrogen (secondary N) is 1. The average molecular weight is 286 g/mol.